The average molecular weight is 280 g/mol. The lowest BCUT2D eigenvalue weighted by Crippen LogP contribution is -2.07. The molecule has 4 atom stereocenters. The maximum Gasteiger partial charge on any atom is 0.160 e. The van der Waals surface area contributed by atoms with Crippen LogP contribution in [0.25, 0.3) is 0 Å². The topological polar surface area (TPSA) is 0 Å². The lowest BCUT2D eigenvalue weighted by atomic mass is 9.93. The van der Waals surface area contributed by atoms with Crippen molar-refractivity contribution in [2.45, 2.75) is 24.7 Å². The molecule has 104 valence electrons. The molecule has 0 aliphatic heterocycles. The summed E-state index contributed by atoms with van der Waals surface area (Å²) in [6, 6.07) is 10.4. The number of halogens is 4. The van der Waals surface area contributed by atoms with E-state index >= 15 is 0 Å². The summed E-state index contributed by atoms with van der Waals surface area (Å²) < 4.78 is 56.4. The van der Waals surface area contributed by atoms with Crippen LogP contribution < -0.4 is 0 Å². The van der Waals surface area contributed by atoms with Gasteiger partial charge in [-0.3, -0.25) is 0 Å². The standard InChI is InChI=1S/C16H12F4/c17-13-9-1-2-10(4-3-9)14(18)16(20)12-7-5-11(6-8-12)15(13)19/h1-8,13-16H. The molecule has 2 aromatic rings. The van der Waals surface area contributed by atoms with E-state index in [1.807, 2.05) is 0 Å². The zero-order chi connectivity index (χ0) is 14.3. The smallest absolute Gasteiger partial charge is 0.160 e. The predicted octanol–water partition coefficient (Wildman–Crippen LogP) is 5.44. The quantitative estimate of drug-likeness (QED) is 0.563. The molecule has 4 aliphatic rings. The van der Waals surface area contributed by atoms with Gasteiger partial charge in [0.25, 0.3) is 0 Å². The highest BCUT2D eigenvalue weighted by atomic mass is 19.2. The average Bonchev–Trinajstić information content (AvgIpc) is 2.51. The van der Waals surface area contributed by atoms with Crippen LogP contribution in [0, 0.1) is 0 Å². The van der Waals surface area contributed by atoms with Gasteiger partial charge in [-0.15, -0.1) is 0 Å². The minimum Gasteiger partial charge on any atom is -0.239 e. The Morgan fingerprint density at radius 3 is 0.700 bits per heavy atom. The summed E-state index contributed by atoms with van der Waals surface area (Å²) in [4.78, 5) is 0. The van der Waals surface area contributed by atoms with Gasteiger partial charge in [-0.1, -0.05) is 48.5 Å². The number of rotatable bonds is 0. The van der Waals surface area contributed by atoms with Crippen LogP contribution in [0.1, 0.15) is 46.9 Å². The molecular weight excluding hydrogens is 268 g/mol. The summed E-state index contributed by atoms with van der Waals surface area (Å²) in [5.41, 5.74) is 0.476. The fraction of sp³-hybridized carbons (Fsp3) is 0.250. The number of benzene rings is 2. The summed E-state index contributed by atoms with van der Waals surface area (Å²) in [6.45, 7) is 0. The van der Waals surface area contributed by atoms with E-state index in [-0.39, 0.29) is 22.3 Å². The molecule has 0 spiro atoms. The third-order valence-electron chi connectivity index (χ3n) is 3.66. The molecule has 0 aromatic heterocycles. The van der Waals surface area contributed by atoms with E-state index in [0.717, 1.165) is 0 Å². The van der Waals surface area contributed by atoms with Crippen LogP contribution in [-0.4, -0.2) is 0 Å². The van der Waals surface area contributed by atoms with E-state index < -0.39 is 24.7 Å². The van der Waals surface area contributed by atoms with Crippen molar-refractivity contribution < 1.29 is 17.6 Å². The number of alkyl halides is 4. The normalized spacial score (nSPS) is 29.0. The first-order chi connectivity index (χ1) is 9.58. The largest absolute Gasteiger partial charge is 0.239 e. The molecule has 4 bridgehead atoms. The Hall–Kier alpha value is -1.84. The Morgan fingerprint density at radius 2 is 0.550 bits per heavy atom. The molecular formula is C16H12F4. The molecule has 4 heteroatoms. The Labute approximate surface area is 114 Å². The van der Waals surface area contributed by atoms with Gasteiger partial charge in [-0.05, 0) is 22.3 Å². The summed E-state index contributed by atoms with van der Waals surface area (Å²) >= 11 is 0. The van der Waals surface area contributed by atoms with Gasteiger partial charge in [0.2, 0.25) is 0 Å². The van der Waals surface area contributed by atoms with E-state index in [1.54, 1.807) is 0 Å². The molecule has 0 amide bonds. The second-order valence-electron chi connectivity index (χ2n) is 4.94. The molecule has 6 rings (SSSR count). The predicted molar refractivity (Wildman–Crippen MR) is 68.3 cm³/mol. The maximum absolute atomic E-state index is 14.1. The molecule has 2 aromatic carbocycles. The summed E-state index contributed by atoms with van der Waals surface area (Å²) in [6.07, 6.45) is -7.30. The lowest BCUT2D eigenvalue weighted by Gasteiger charge is -2.20. The van der Waals surface area contributed by atoms with Crippen LogP contribution in [0.3, 0.4) is 0 Å². The van der Waals surface area contributed by atoms with Crippen molar-refractivity contribution in [2.24, 2.45) is 0 Å². The first-order valence-corrected chi connectivity index (χ1v) is 6.34. The highest BCUT2D eigenvalue weighted by molar-refractivity contribution is 5.34. The van der Waals surface area contributed by atoms with Gasteiger partial charge in [0.05, 0.1) is 0 Å². The van der Waals surface area contributed by atoms with E-state index in [9.17, 15) is 17.6 Å². The molecule has 0 saturated carbocycles. The van der Waals surface area contributed by atoms with E-state index in [2.05, 4.69) is 0 Å². The molecule has 0 heterocycles. The highest BCUT2D eigenvalue weighted by Gasteiger charge is 2.29. The zero-order valence-electron chi connectivity index (χ0n) is 10.4. The van der Waals surface area contributed by atoms with Crippen LogP contribution in [0.5, 0.6) is 0 Å². The van der Waals surface area contributed by atoms with Crippen LogP contribution in [0.15, 0.2) is 48.5 Å². The fourth-order valence-electron chi connectivity index (χ4n) is 2.40. The van der Waals surface area contributed by atoms with E-state index in [1.165, 1.54) is 48.5 Å². The summed E-state index contributed by atoms with van der Waals surface area (Å²) in [5.74, 6) is 0. The second kappa shape index (κ2) is 4.93. The van der Waals surface area contributed by atoms with Crippen molar-refractivity contribution in [3.63, 3.8) is 0 Å². The van der Waals surface area contributed by atoms with Crippen molar-refractivity contribution in [1.29, 1.82) is 0 Å². The second-order valence-corrected chi connectivity index (χ2v) is 4.94. The van der Waals surface area contributed by atoms with Crippen LogP contribution in [-0.2, 0) is 0 Å². The van der Waals surface area contributed by atoms with Gasteiger partial charge in [0, 0.05) is 0 Å². The molecule has 0 saturated heterocycles. The van der Waals surface area contributed by atoms with Gasteiger partial charge in [-0.2, -0.15) is 0 Å². The summed E-state index contributed by atoms with van der Waals surface area (Å²) in [5, 5.41) is 0. The van der Waals surface area contributed by atoms with Crippen LogP contribution >= 0.6 is 0 Å². The molecule has 20 heavy (non-hydrogen) atoms. The molecule has 0 fully saturated rings. The molecule has 4 aliphatic carbocycles. The van der Waals surface area contributed by atoms with Crippen molar-refractivity contribution in [1.82, 2.24) is 0 Å². The molecule has 0 radical (unpaired) electrons. The maximum atomic E-state index is 14.1. The van der Waals surface area contributed by atoms with Crippen LogP contribution in [0.2, 0.25) is 0 Å². The third kappa shape index (κ3) is 2.09. The van der Waals surface area contributed by atoms with E-state index in [4.69, 9.17) is 0 Å². The minimum absolute atomic E-state index is 0.119. The molecule has 4 unspecified atom stereocenters. The monoisotopic (exact) mass is 280 g/mol. The number of hydrogen-bond donors (Lipinski definition) is 0. The molecule has 0 N–H and O–H groups in total. The van der Waals surface area contributed by atoms with Crippen molar-refractivity contribution >= 4 is 0 Å². The van der Waals surface area contributed by atoms with Gasteiger partial charge in [0.1, 0.15) is 0 Å². The van der Waals surface area contributed by atoms with Gasteiger partial charge >= 0.3 is 0 Å². The Bertz CT molecular complexity index is 481. The van der Waals surface area contributed by atoms with Gasteiger partial charge in [-0.25, -0.2) is 17.6 Å². The first-order valence-electron chi connectivity index (χ1n) is 6.34. The van der Waals surface area contributed by atoms with Crippen LogP contribution in [0.4, 0.5) is 17.6 Å². The minimum atomic E-state index is -1.83. The fourth-order valence-corrected chi connectivity index (χ4v) is 2.40. The third-order valence-corrected chi connectivity index (χ3v) is 3.66. The number of hydrogen-bond acceptors (Lipinski definition) is 0. The Kier molecular flexibility index (Phi) is 3.24. The van der Waals surface area contributed by atoms with Crippen molar-refractivity contribution in [3.05, 3.63) is 70.8 Å². The first kappa shape index (κ1) is 13.2. The van der Waals surface area contributed by atoms with Crippen molar-refractivity contribution in [2.75, 3.05) is 0 Å². The SMILES string of the molecule is FC1c2ccc(cc2)C(F)C(F)c2ccc(cc2)C1F. The highest BCUT2D eigenvalue weighted by Crippen LogP contribution is 2.40. The Balaban J connectivity index is 2.15. The lowest BCUT2D eigenvalue weighted by molar-refractivity contribution is 0.164. The zero-order valence-corrected chi connectivity index (χ0v) is 10.4. The Morgan fingerprint density at radius 1 is 0.400 bits per heavy atom. The van der Waals surface area contributed by atoms with Gasteiger partial charge in [0.15, 0.2) is 24.7 Å². The van der Waals surface area contributed by atoms with Gasteiger partial charge < -0.3 is 0 Å². The van der Waals surface area contributed by atoms with Crippen molar-refractivity contribution in [3.8, 4) is 0 Å². The molecule has 0 nitrogen and oxygen atoms in total. The van der Waals surface area contributed by atoms with E-state index in [0.29, 0.717) is 0 Å². The summed E-state index contributed by atoms with van der Waals surface area (Å²) in [7, 11) is 0.